The van der Waals surface area contributed by atoms with Crippen LogP contribution in [-0.4, -0.2) is 46.5 Å². The van der Waals surface area contributed by atoms with Crippen LogP contribution in [0.25, 0.3) is 0 Å². The van der Waals surface area contributed by atoms with Crippen molar-refractivity contribution in [2.75, 3.05) is 6.61 Å². The first-order chi connectivity index (χ1) is 15.5. The molecule has 0 N–H and O–H groups in total. The topological polar surface area (TPSA) is 72.9 Å². The Kier molecular flexibility index (Phi) is 5.91. The monoisotopic (exact) mass is 449 g/mol. The van der Waals surface area contributed by atoms with Crippen LogP contribution < -0.4 is 0 Å². The maximum atomic E-state index is 13.5. The van der Waals surface area contributed by atoms with Crippen LogP contribution >= 0.6 is 0 Å². The number of carbonyl (C=O) groups is 3. The molecular weight excluding hydrogens is 418 g/mol. The second-order valence-corrected chi connectivity index (χ2v) is 10.3. The van der Waals surface area contributed by atoms with E-state index in [-0.39, 0.29) is 24.1 Å². The molecule has 0 radical (unpaired) electrons. The molecule has 2 aromatic rings. The minimum atomic E-state index is -0.906. The predicted molar refractivity (Wildman–Crippen MR) is 124 cm³/mol. The molecule has 1 aliphatic carbocycles. The first-order valence-corrected chi connectivity index (χ1v) is 11.4. The highest BCUT2D eigenvalue weighted by atomic mass is 16.6. The number of nitrogens with zero attached hydrogens (tertiary/aromatic N) is 1. The quantitative estimate of drug-likeness (QED) is 0.602. The molecule has 6 heteroatoms. The third-order valence-electron chi connectivity index (χ3n) is 6.35. The van der Waals surface area contributed by atoms with E-state index >= 15 is 0 Å². The van der Waals surface area contributed by atoms with Gasteiger partial charge in [-0.25, -0.2) is 4.79 Å². The van der Waals surface area contributed by atoms with Crippen molar-refractivity contribution >= 4 is 17.7 Å². The van der Waals surface area contributed by atoms with Crippen LogP contribution in [0.15, 0.2) is 60.7 Å². The second kappa shape index (κ2) is 8.41. The summed E-state index contributed by atoms with van der Waals surface area (Å²) >= 11 is 0. The second-order valence-electron chi connectivity index (χ2n) is 10.3. The summed E-state index contributed by atoms with van der Waals surface area (Å²) in [4.78, 5) is 41.7. The molecule has 1 aliphatic heterocycles. The van der Waals surface area contributed by atoms with Gasteiger partial charge < -0.3 is 9.47 Å². The molecule has 6 nitrogen and oxygen atoms in total. The Morgan fingerprint density at radius 1 is 0.879 bits per heavy atom. The third kappa shape index (κ3) is 4.58. The van der Waals surface area contributed by atoms with Crippen molar-refractivity contribution in [1.82, 2.24) is 4.90 Å². The van der Waals surface area contributed by atoms with Crippen molar-refractivity contribution < 1.29 is 23.9 Å². The predicted octanol–water partition coefficient (Wildman–Crippen LogP) is 4.99. The summed E-state index contributed by atoms with van der Waals surface area (Å²) in [6.07, 6.45) is -0.501. The van der Waals surface area contributed by atoms with E-state index in [9.17, 15) is 14.4 Å². The van der Waals surface area contributed by atoms with Crippen molar-refractivity contribution in [3.8, 4) is 0 Å². The lowest BCUT2D eigenvalue weighted by Crippen LogP contribution is -2.51. The molecule has 33 heavy (non-hydrogen) atoms. The maximum Gasteiger partial charge on any atom is 0.412 e. The Labute approximate surface area is 194 Å². The Hall–Kier alpha value is -2.99. The first-order valence-electron chi connectivity index (χ1n) is 11.4. The smallest absolute Gasteiger partial charge is 0.412 e. The standard InChI is InChI=1S/C27H31NO5/c1-26(2,3)33-25(31)28-19(16-32-27(28,4)5)20-21(23(29)17-12-8-6-9-13-17)22(20)24(30)18-14-10-7-11-15-18/h6-15,19-22H,16H2,1-5H3/t19-,20?,21-,22+/m0/s1. The molecule has 4 rings (SSSR count). The van der Waals surface area contributed by atoms with E-state index in [0.29, 0.717) is 11.1 Å². The van der Waals surface area contributed by atoms with Crippen LogP contribution in [0.2, 0.25) is 0 Å². The fraction of sp³-hybridized carbons (Fsp3) is 0.444. The Bertz CT molecular complexity index is 984. The molecule has 1 unspecified atom stereocenters. The van der Waals surface area contributed by atoms with E-state index in [1.807, 2.05) is 57.2 Å². The van der Waals surface area contributed by atoms with Crippen molar-refractivity contribution in [1.29, 1.82) is 0 Å². The van der Waals surface area contributed by atoms with Gasteiger partial charge in [0.2, 0.25) is 0 Å². The van der Waals surface area contributed by atoms with Crippen LogP contribution in [0.3, 0.4) is 0 Å². The van der Waals surface area contributed by atoms with E-state index in [1.54, 1.807) is 43.0 Å². The van der Waals surface area contributed by atoms with Crippen LogP contribution in [0.1, 0.15) is 55.3 Å². The molecule has 0 spiro atoms. The fourth-order valence-corrected chi connectivity index (χ4v) is 4.86. The normalized spacial score (nSPS) is 26.0. The number of ketones is 2. The summed E-state index contributed by atoms with van der Waals surface area (Å²) in [5, 5.41) is 0. The minimum absolute atomic E-state index is 0.0799. The van der Waals surface area contributed by atoms with Gasteiger partial charge in [-0.15, -0.1) is 0 Å². The highest BCUT2D eigenvalue weighted by Crippen LogP contribution is 2.55. The van der Waals surface area contributed by atoms with E-state index in [1.165, 1.54) is 0 Å². The molecule has 1 amide bonds. The summed E-state index contributed by atoms with van der Waals surface area (Å²) in [6, 6.07) is 17.6. The van der Waals surface area contributed by atoms with E-state index in [4.69, 9.17) is 9.47 Å². The van der Waals surface area contributed by atoms with Crippen molar-refractivity contribution in [3.05, 3.63) is 71.8 Å². The molecule has 2 aromatic carbocycles. The first kappa shape index (κ1) is 23.2. The molecule has 2 fully saturated rings. The molecule has 0 aromatic heterocycles. The number of rotatable bonds is 5. The van der Waals surface area contributed by atoms with Crippen LogP contribution in [0, 0.1) is 17.8 Å². The summed E-state index contributed by atoms with van der Waals surface area (Å²) < 4.78 is 11.6. The minimum Gasteiger partial charge on any atom is -0.444 e. The number of Topliss-reactive ketones (excluding diaryl/α,β-unsaturated/α-hetero) is 2. The largest absolute Gasteiger partial charge is 0.444 e. The number of carbonyl (C=O) groups excluding carboxylic acids is 3. The molecule has 1 saturated heterocycles. The molecule has 0 bridgehead atoms. The summed E-state index contributed by atoms with van der Waals surface area (Å²) in [6.45, 7) is 9.29. The van der Waals surface area contributed by atoms with Gasteiger partial charge in [-0.3, -0.25) is 14.5 Å². The molecule has 4 atom stereocenters. The average molecular weight is 450 g/mol. The Morgan fingerprint density at radius 3 is 1.76 bits per heavy atom. The van der Waals surface area contributed by atoms with Crippen molar-refractivity contribution in [2.24, 2.45) is 17.8 Å². The third-order valence-corrected chi connectivity index (χ3v) is 6.35. The Morgan fingerprint density at radius 2 is 1.33 bits per heavy atom. The van der Waals surface area contributed by atoms with Gasteiger partial charge in [-0.2, -0.15) is 0 Å². The van der Waals surface area contributed by atoms with Crippen LogP contribution in [0.4, 0.5) is 4.79 Å². The highest BCUT2D eigenvalue weighted by molar-refractivity contribution is 6.09. The number of hydrogen-bond donors (Lipinski definition) is 0. The summed E-state index contributed by atoms with van der Waals surface area (Å²) in [5.41, 5.74) is -0.450. The average Bonchev–Trinajstić information content (AvgIpc) is 3.41. The molecule has 174 valence electrons. The number of ether oxygens (including phenoxy) is 2. The highest BCUT2D eigenvalue weighted by Gasteiger charge is 2.66. The van der Waals surface area contributed by atoms with Gasteiger partial charge in [0.1, 0.15) is 11.3 Å². The molecule has 2 aliphatic rings. The number of benzene rings is 2. The van der Waals surface area contributed by atoms with Gasteiger partial charge in [-0.05, 0) is 34.6 Å². The zero-order chi connectivity index (χ0) is 24.0. The lowest BCUT2D eigenvalue weighted by molar-refractivity contribution is -0.0634. The van der Waals surface area contributed by atoms with Gasteiger partial charge in [0.05, 0.1) is 12.6 Å². The maximum absolute atomic E-state index is 13.5. The Balaban J connectivity index is 1.68. The molecule has 1 heterocycles. The van der Waals surface area contributed by atoms with Crippen molar-refractivity contribution in [3.63, 3.8) is 0 Å². The summed E-state index contributed by atoms with van der Waals surface area (Å²) in [5.74, 6) is -1.55. The van der Waals surface area contributed by atoms with Crippen LogP contribution in [0.5, 0.6) is 0 Å². The van der Waals surface area contributed by atoms with Crippen LogP contribution in [-0.2, 0) is 9.47 Å². The number of hydrogen-bond acceptors (Lipinski definition) is 5. The molecule has 1 saturated carbocycles. The fourth-order valence-electron chi connectivity index (χ4n) is 4.86. The lowest BCUT2D eigenvalue weighted by atomic mass is 10.0. The summed E-state index contributed by atoms with van der Waals surface area (Å²) in [7, 11) is 0. The zero-order valence-corrected chi connectivity index (χ0v) is 19.8. The zero-order valence-electron chi connectivity index (χ0n) is 19.8. The van der Waals surface area contributed by atoms with E-state index < -0.39 is 35.3 Å². The van der Waals surface area contributed by atoms with Gasteiger partial charge in [0.25, 0.3) is 0 Å². The SMILES string of the molecule is CC(C)(C)OC(=O)N1[C@H](C2[C@@H](C(=O)c3ccccc3)[C@H]2C(=O)c2ccccc2)COC1(C)C. The lowest BCUT2D eigenvalue weighted by Gasteiger charge is -2.35. The van der Waals surface area contributed by atoms with Gasteiger partial charge in [-0.1, -0.05) is 60.7 Å². The van der Waals surface area contributed by atoms with Gasteiger partial charge >= 0.3 is 6.09 Å². The molecular formula is C27H31NO5. The van der Waals surface area contributed by atoms with E-state index in [2.05, 4.69) is 0 Å². The van der Waals surface area contributed by atoms with Gasteiger partial charge in [0.15, 0.2) is 11.6 Å². The van der Waals surface area contributed by atoms with Gasteiger partial charge in [0, 0.05) is 28.9 Å². The van der Waals surface area contributed by atoms with E-state index in [0.717, 1.165) is 0 Å². The van der Waals surface area contributed by atoms with Crippen molar-refractivity contribution in [2.45, 2.75) is 52.0 Å². The number of amides is 1.